The van der Waals surface area contributed by atoms with Gasteiger partial charge in [-0.3, -0.25) is 9.59 Å². The van der Waals surface area contributed by atoms with Crippen molar-refractivity contribution in [3.05, 3.63) is 70.1 Å². The molecule has 0 aliphatic rings. The number of nitrogens with one attached hydrogen (secondary N) is 1. The summed E-state index contributed by atoms with van der Waals surface area (Å²) in [5, 5.41) is 8.44. The SMILES string of the molecule is O=C(NCCn1ncc2ccccc2c1=O)c1cccc2ncsc12. The number of carbonyl (C=O) groups excluding carboxylic acids is 1. The molecule has 124 valence electrons. The summed E-state index contributed by atoms with van der Waals surface area (Å²) < 4.78 is 2.23. The molecular formula is C18H14N4O2S. The maximum Gasteiger partial charge on any atom is 0.274 e. The van der Waals surface area contributed by atoms with Crippen LogP contribution in [-0.4, -0.2) is 27.2 Å². The number of thiazole rings is 1. The molecule has 0 atom stereocenters. The predicted octanol–water partition coefficient (Wildman–Crippen LogP) is 2.44. The Morgan fingerprint density at radius 2 is 2.04 bits per heavy atom. The van der Waals surface area contributed by atoms with Crippen LogP contribution in [0, 0.1) is 0 Å². The van der Waals surface area contributed by atoms with Crippen molar-refractivity contribution in [2.24, 2.45) is 0 Å². The first-order valence-electron chi connectivity index (χ1n) is 7.79. The van der Waals surface area contributed by atoms with Gasteiger partial charge in [-0.05, 0) is 18.2 Å². The fourth-order valence-corrected chi connectivity index (χ4v) is 3.52. The zero-order valence-corrected chi connectivity index (χ0v) is 14.0. The lowest BCUT2D eigenvalue weighted by molar-refractivity contribution is 0.0953. The first-order chi connectivity index (χ1) is 12.2. The molecule has 0 unspecified atom stereocenters. The van der Waals surface area contributed by atoms with E-state index < -0.39 is 0 Å². The number of hydrogen-bond donors (Lipinski definition) is 1. The van der Waals surface area contributed by atoms with E-state index in [1.807, 2.05) is 30.3 Å². The minimum atomic E-state index is -0.177. The quantitative estimate of drug-likeness (QED) is 0.613. The van der Waals surface area contributed by atoms with Crippen LogP contribution in [0.2, 0.25) is 0 Å². The van der Waals surface area contributed by atoms with E-state index in [0.717, 1.165) is 15.6 Å². The molecule has 2 aromatic carbocycles. The number of fused-ring (bicyclic) bond motifs is 2. The van der Waals surface area contributed by atoms with Gasteiger partial charge >= 0.3 is 0 Å². The summed E-state index contributed by atoms with van der Waals surface area (Å²) in [6, 6.07) is 12.8. The standard InChI is InChI=1S/C18H14N4O2S/c23-17(14-6-3-7-15-16(14)25-11-20-15)19-8-9-22-18(24)13-5-2-1-4-12(13)10-21-22/h1-7,10-11H,8-9H2,(H,19,23). The summed E-state index contributed by atoms with van der Waals surface area (Å²) >= 11 is 1.44. The van der Waals surface area contributed by atoms with Crippen molar-refractivity contribution >= 4 is 38.2 Å². The van der Waals surface area contributed by atoms with Crippen molar-refractivity contribution in [1.29, 1.82) is 0 Å². The molecule has 0 radical (unpaired) electrons. The van der Waals surface area contributed by atoms with Gasteiger partial charge in [0, 0.05) is 11.9 Å². The number of nitrogens with zero attached hydrogens (tertiary/aromatic N) is 3. The third-order valence-electron chi connectivity index (χ3n) is 3.97. The highest BCUT2D eigenvalue weighted by molar-refractivity contribution is 7.17. The number of rotatable bonds is 4. The first kappa shape index (κ1) is 15.5. The molecule has 0 aliphatic heterocycles. The zero-order chi connectivity index (χ0) is 17.2. The third-order valence-corrected chi connectivity index (χ3v) is 4.85. The average Bonchev–Trinajstić information content (AvgIpc) is 3.12. The second-order valence-corrected chi connectivity index (χ2v) is 6.38. The molecule has 0 spiro atoms. The number of aromatic nitrogens is 3. The Balaban J connectivity index is 1.49. The number of amides is 1. The van der Waals surface area contributed by atoms with E-state index in [-0.39, 0.29) is 11.5 Å². The summed E-state index contributed by atoms with van der Waals surface area (Å²) in [4.78, 5) is 29.0. The van der Waals surface area contributed by atoms with Gasteiger partial charge in [-0.1, -0.05) is 24.3 Å². The van der Waals surface area contributed by atoms with E-state index in [4.69, 9.17) is 0 Å². The van der Waals surface area contributed by atoms with Gasteiger partial charge in [-0.25, -0.2) is 9.67 Å². The Kier molecular flexibility index (Phi) is 3.99. The van der Waals surface area contributed by atoms with Crippen molar-refractivity contribution in [1.82, 2.24) is 20.1 Å². The van der Waals surface area contributed by atoms with E-state index in [1.165, 1.54) is 16.0 Å². The zero-order valence-electron chi connectivity index (χ0n) is 13.2. The third kappa shape index (κ3) is 2.89. The molecule has 0 bridgehead atoms. The molecule has 1 amide bonds. The number of hydrogen-bond acceptors (Lipinski definition) is 5. The molecule has 6 nitrogen and oxygen atoms in total. The van der Waals surface area contributed by atoms with Crippen LogP contribution in [0.1, 0.15) is 10.4 Å². The Bertz CT molecular complexity index is 1130. The van der Waals surface area contributed by atoms with Crippen LogP contribution >= 0.6 is 11.3 Å². The van der Waals surface area contributed by atoms with Gasteiger partial charge in [0.1, 0.15) is 0 Å². The second kappa shape index (κ2) is 6.45. The summed E-state index contributed by atoms with van der Waals surface area (Å²) in [6.45, 7) is 0.632. The van der Waals surface area contributed by atoms with Crippen LogP contribution in [0.25, 0.3) is 21.0 Å². The fourth-order valence-electron chi connectivity index (χ4n) is 2.72. The Morgan fingerprint density at radius 3 is 2.96 bits per heavy atom. The first-order valence-corrected chi connectivity index (χ1v) is 8.67. The average molecular weight is 350 g/mol. The largest absolute Gasteiger partial charge is 0.350 e. The van der Waals surface area contributed by atoms with Gasteiger partial charge in [0.2, 0.25) is 0 Å². The van der Waals surface area contributed by atoms with Crippen molar-refractivity contribution in [2.75, 3.05) is 6.54 Å². The molecule has 4 aromatic rings. The van der Waals surface area contributed by atoms with Gasteiger partial charge in [0.25, 0.3) is 11.5 Å². The molecule has 0 aliphatic carbocycles. The van der Waals surface area contributed by atoms with E-state index in [9.17, 15) is 9.59 Å². The van der Waals surface area contributed by atoms with E-state index in [0.29, 0.717) is 24.0 Å². The predicted molar refractivity (Wildman–Crippen MR) is 98.0 cm³/mol. The molecule has 2 aromatic heterocycles. The van der Waals surface area contributed by atoms with Gasteiger partial charge in [-0.2, -0.15) is 5.10 Å². The van der Waals surface area contributed by atoms with Gasteiger partial charge in [0.15, 0.2) is 0 Å². The highest BCUT2D eigenvalue weighted by Gasteiger charge is 2.11. The summed E-state index contributed by atoms with van der Waals surface area (Å²) in [7, 11) is 0. The molecule has 2 heterocycles. The van der Waals surface area contributed by atoms with Gasteiger partial charge in [0.05, 0.1) is 39.4 Å². The summed E-state index contributed by atoms with van der Waals surface area (Å²) in [5.41, 5.74) is 2.97. The van der Waals surface area contributed by atoms with Crippen LogP contribution in [0.3, 0.4) is 0 Å². The van der Waals surface area contributed by atoms with Crippen molar-refractivity contribution in [3.8, 4) is 0 Å². The lowest BCUT2D eigenvalue weighted by atomic mass is 10.2. The maximum atomic E-state index is 12.4. The Labute approximate surface area is 146 Å². The smallest absolute Gasteiger partial charge is 0.274 e. The number of carbonyl (C=O) groups is 1. The lowest BCUT2D eigenvalue weighted by Gasteiger charge is -2.08. The summed E-state index contributed by atoms with van der Waals surface area (Å²) in [6.07, 6.45) is 1.66. The topological polar surface area (TPSA) is 76.9 Å². The Morgan fingerprint density at radius 1 is 1.16 bits per heavy atom. The molecule has 25 heavy (non-hydrogen) atoms. The molecular weight excluding hydrogens is 336 g/mol. The molecule has 4 rings (SSSR count). The normalized spacial score (nSPS) is 11.0. The Hall–Kier alpha value is -3.06. The monoisotopic (exact) mass is 350 g/mol. The van der Waals surface area contributed by atoms with Crippen LogP contribution < -0.4 is 10.9 Å². The van der Waals surface area contributed by atoms with Crippen molar-refractivity contribution in [3.63, 3.8) is 0 Å². The molecule has 0 fully saturated rings. The molecule has 0 saturated heterocycles. The van der Waals surface area contributed by atoms with Gasteiger partial charge < -0.3 is 5.32 Å². The van der Waals surface area contributed by atoms with Crippen molar-refractivity contribution < 1.29 is 4.79 Å². The second-order valence-electron chi connectivity index (χ2n) is 5.52. The van der Waals surface area contributed by atoms with Gasteiger partial charge in [-0.15, -0.1) is 11.3 Å². The molecule has 7 heteroatoms. The van der Waals surface area contributed by atoms with E-state index in [1.54, 1.807) is 23.8 Å². The minimum Gasteiger partial charge on any atom is -0.350 e. The van der Waals surface area contributed by atoms with Crippen LogP contribution in [0.4, 0.5) is 0 Å². The fraction of sp³-hybridized carbons (Fsp3) is 0.111. The van der Waals surface area contributed by atoms with Crippen molar-refractivity contribution in [2.45, 2.75) is 6.54 Å². The van der Waals surface area contributed by atoms with E-state index >= 15 is 0 Å². The minimum absolute atomic E-state index is 0.156. The van der Waals surface area contributed by atoms with Crippen LogP contribution in [-0.2, 0) is 6.54 Å². The van der Waals surface area contributed by atoms with Crippen LogP contribution in [0.15, 0.2) is 59.0 Å². The summed E-state index contributed by atoms with van der Waals surface area (Å²) in [5.74, 6) is -0.177. The molecule has 1 N–H and O–H groups in total. The molecule has 0 saturated carbocycles. The highest BCUT2D eigenvalue weighted by atomic mass is 32.1. The van der Waals surface area contributed by atoms with Crippen LogP contribution in [0.5, 0.6) is 0 Å². The van der Waals surface area contributed by atoms with E-state index in [2.05, 4.69) is 15.4 Å². The lowest BCUT2D eigenvalue weighted by Crippen LogP contribution is -2.32. The number of benzene rings is 2. The maximum absolute atomic E-state index is 12.4. The highest BCUT2D eigenvalue weighted by Crippen LogP contribution is 2.21.